The molecule has 2 aliphatic heterocycles. The number of piperazine rings is 1. The number of rotatable bonds is 6. The van der Waals surface area contributed by atoms with Crippen LogP contribution in [0.15, 0.2) is 29.2 Å². The molecule has 1 amide bonds. The molecule has 0 aliphatic carbocycles. The Hall–Kier alpha value is -1.48. The second kappa shape index (κ2) is 8.68. The van der Waals surface area contributed by atoms with Gasteiger partial charge in [0.05, 0.1) is 4.90 Å². The van der Waals surface area contributed by atoms with Gasteiger partial charge in [-0.3, -0.25) is 9.69 Å². The number of likely N-dealkylation sites (tertiary alicyclic amines) is 1. The minimum atomic E-state index is -3.54. The Morgan fingerprint density at radius 1 is 1.22 bits per heavy atom. The van der Waals surface area contributed by atoms with E-state index in [0.717, 1.165) is 52.1 Å². The third-order valence-electron chi connectivity index (χ3n) is 5.50. The highest BCUT2D eigenvalue weighted by Crippen LogP contribution is 2.20. The Bertz CT molecular complexity index is 745. The van der Waals surface area contributed by atoms with Crippen LogP contribution in [-0.4, -0.2) is 75.5 Å². The van der Waals surface area contributed by atoms with Crippen LogP contribution >= 0.6 is 0 Å². The summed E-state index contributed by atoms with van der Waals surface area (Å²) in [6.07, 6.45) is 1.72. The van der Waals surface area contributed by atoms with E-state index in [0.29, 0.717) is 11.6 Å². The molecule has 2 N–H and O–H groups in total. The van der Waals surface area contributed by atoms with Crippen molar-refractivity contribution in [3.05, 3.63) is 29.8 Å². The maximum atomic E-state index is 12.8. The van der Waals surface area contributed by atoms with Crippen molar-refractivity contribution in [2.24, 2.45) is 0 Å². The minimum Gasteiger partial charge on any atom is -0.337 e. The van der Waals surface area contributed by atoms with Gasteiger partial charge in [-0.2, -0.15) is 0 Å². The lowest BCUT2D eigenvalue weighted by Gasteiger charge is -2.32. The summed E-state index contributed by atoms with van der Waals surface area (Å²) in [7, 11) is -3.54. The maximum Gasteiger partial charge on any atom is 0.253 e. The van der Waals surface area contributed by atoms with Crippen molar-refractivity contribution in [1.82, 2.24) is 19.8 Å². The second-order valence-corrected chi connectivity index (χ2v) is 9.15. The van der Waals surface area contributed by atoms with Crippen LogP contribution in [-0.2, 0) is 10.0 Å². The lowest BCUT2D eigenvalue weighted by Crippen LogP contribution is -2.49. The van der Waals surface area contributed by atoms with E-state index in [1.807, 2.05) is 18.7 Å². The molecule has 27 heavy (non-hydrogen) atoms. The molecule has 2 saturated heterocycles. The zero-order chi connectivity index (χ0) is 19.4. The van der Waals surface area contributed by atoms with Gasteiger partial charge in [-0.25, -0.2) is 13.1 Å². The predicted octanol–water partition coefficient (Wildman–Crippen LogP) is 0.883. The fourth-order valence-electron chi connectivity index (χ4n) is 3.65. The molecule has 0 bridgehead atoms. The molecule has 7 nitrogen and oxygen atoms in total. The lowest BCUT2D eigenvalue weighted by molar-refractivity contribution is 0.0773. The van der Waals surface area contributed by atoms with Crippen LogP contribution in [0.5, 0.6) is 0 Å². The Morgan fingerprint density at radius 2 is 1.89 bits per heavy atom. The molecule has 0 saturated carbocycles. The molecule has 3 rings (SSSR count). The first kappa shape index (κ1) is 20.3. The summed E-state index contributed by atoms with van der Waals surface area (Å²) in [5.41, 5.74) is 0.540. The van der Waals surface area contributed by atoms with Gasteiger partial charge >= 0.3 is 0 Å². The predicted molar refractivity (Wildman–Crippen MR) is 105 cm³/mol. The van der Waals surface area contributed by atoms with Crippen molar-refractivity contribution in [3.63, 3.8) is 0 Å². The molecule has 1 aromatic rings. The number of carbonyl (C=O) groups excluding carboxylic acids is 1. The largest absolute Gasteiger partial charge is 0.337 e. The molecule has 150 valence electrons. The van der Waals surface area contributed by atoms with Crippen LogP contribution in [0.1, 0.15) is 37.0 Å². The fourth-order valence-corrected chi connectivity index (χ4v) is 4.97. The summed E-state index contributed by atoms with van der Waals surface area (Å²) >= 11 is 0. The summed E-state index contributed by atoms with van der Waals surface area (Å²) in [5, 5.41) is 3.35. The molecule has 0 radical (unpaired) electrons. The zero-order valence-electron chi connectivity index (χ0n) is 16.1. The van der Waals surface area contributed by atoms with E-state index in [4.69, 9.17) is 0 Å². The number of benzene rings is 1. The maximum absolute atomic E-state index is 12.8. The minimum absolute atomic E-state index is 0.0218. The Kier molecular flexibility index (Phi) is 6.52. The fraction of sp³-hybridized carbons (Fsp3) is 0.632. The van der Waals surface area contributed by atoms with Gasteiger partial charge in [0.1, 0.15) is 0 Å². The molecule has 0 aromatic heterocycles. The Morgan fingerprint density at radius 3 is 2.52 bits per heavy atom. The molecule has 1 aromatic carbocycles. The van der Waals surface area contributed by atoms with Crippen LogP contribution in [0.2, 0.25) is 0 Å². The normalized spacial score (nSPS) is 22.7. The quantitative estimate of drug-likeness (QED) is 0.749. The van der Waals surface area contributed by atoms with Gasteiger partial charge in [0.25, 0.3) is 5.91 Å². The standard InChI is InChI=1S/C19H30N4O3S/c1-3-15(2)21-27(25,26)18-6-4-16(5-7-18)19(24)23-11-8-17(14-23)22-12-9-20-10-13-22/h4-7,15,17,20-21H,3,8-14H2,1-2H3. The SMILES string of the molecule is CCC(C)NS(=O)(=O)c1ccc(C(=O)N2CCC(N3CCNCC3)C2)cc1. The van der Waals surface area contributed by atoms with E-state index in [9.17, 15) is 13.2 Å². The first-order valence-corrected chi connectivity index (χ1v) is 11.3. The highest BCUT2D eigenvalue weighted by molar-refractivity contribution is 7.89. The number of sulfonamides is 1. The number of amides is 1. The third kappa shape index (κ3) is 4.87. The molecule has 2 fully saturated rings. The van der Waals surface area contributed by atoms with Crippen LogP contribution in [0.4, 0.5) is 0 Å². The summed E-state index contributed by atoms with van der Waals surface area (Å²) in [6, 6.07) is 6.57. The number of hydrogen-bond acceptors (Lipinski definition) is 5. The lowest BCUT2D eigenvalue weighted by atomic mass is 10.2. The van der Waals surface area contributed by atoms with Gasteiger partial charge in [0.15, 0.2) is 0 Å². The number of nitrogens with zero attached hydrogens (tertiary/aromatic N) is 2. The number of hydrogen-bond donors (Lipinski definition) is 2. The van der Waals surface area contributed by atoms with E-state index in [2.05, 4.69) is 14.9 Å². The Balaban J connectivity index is 1.62. The Labute approximate surface area is 162 Å². The van der Waals surface area contributed by atoms with Crippen molar-refractivity contribution in [3.8, 4) is 0 Å². The molecule has 2 heterocycles. The van der Waals surface area contributed by atoms with Gasteiger partial charge in [0.2, 0.25) is 10.0 Å². The van der Waals surface area contributed by atoms with Crippen molar-refractivity contribution < 1.29 is 13.2 Å². The molecular weight excluding hydrogens is 364 g/mol. The van der Waals surface area contributed by atoms with E-state index >= 15 is 0 Å². The average Bonchev–Trinajstić information content (AvgIpc) is 3.18. The molecule has 2 aliphatic rings. The zero-order valence-corrected chi connectivity index (χ0v) is 17.0. The summed E-state index contributed by atoms with van der Waals surface area (Å²) in [5.74, 6) is -0.0218. The highest BCUT2D eigenvalue weighted by atomic mass is 32.2. The van der Waals surface area contributed by atoms with E-state index < -0.39 is 10.0 Å². The van der Waals surface area contributed by atoms with E-state index in [1.165, 1.54) is 12.1 Å². The topological polar surface area (TPSA) is 81.8 Å². The first-order valence-electron chi connectivity index (χ1n) is 9.77. The highest BCUT2D eigenvalue weighted by Gasteiger charge is 2.31. The third-order valence-corrected chi connectivity index (χ3v) is 7.10. The van der Waals surface area contributed by atoms with Gasteiger partial charge in [0, 0.05) is 56.9 Å². The second-order valence-electron chi connectivity index (χ2n) is 7.43. The van der Waals surface area contributed by atoms with Gasteiger partial charge in [-0.15, -0.1) is 0 Å². The summed E-state index contributed by atoms with van der Waals surface area (Å²) in [4.78, 5) is 17.3. The van der Waals surface area contributed by atoms with Gasteiger partial charge in [-0.05, 0) is 44.0 Å². The first-order chi connectivity index (χ1) is 12.9. The average molecular weight is 395 g/mol. The van der Waals surface area contributed by atoms with Crippen molar-refractivity contribution >= 4 is 15.9 Å². The number of nitrogens with one attached hydrogen (secondary N) is 2. The smallest absolute Gasteiger partial charge is 0.253 e. The summed E-state index contributed by atoms with van der Waals surface area (Å²) in [6.45, 7) is 9.33. The monoisotopic (exact) mass is 394 g/mol. The molecule has 2 atom stereocenters. The number of carbonyl (C=O) groups is 1. The van der Waals surface area contributed by atoms with Crippen LogP contribution in [0.3, 0.4) is 0 Å². The van der Waals surface area contributed by atoms with Gasteiger partial charge < -0.3 is 10.2 Å². The van der Waals surface area contributed by atoms with Crippen molar-refractivity contribution in [2.45, 2.75) is 43.7 Å². The summed E-state index contributed by atoms with van der Waals surface area (Å²) < 4.78 is 27.3. The van der Waals surface area contributed by atoms with Crippen LogP contribution in [0, 0.1) is 0 Å². The van der Waals surface area contributed by atoms with E-state index in [1.54, 1.807) is 12.1 Å². The van der Waals surface area contributed by atoms with Crippen LogP contribution < -0.4 is 10.0 Å². The van der Waals surface area contributed by atoms with Gasteiger partial charge in [-0.1, -0.05) is 6.92 Å². The molecule has 2 unspecified atom stereocenters. The van der Waals surface area contributed by atoms with Crippen molar-refractivity contribution in [2.75, 3.05) is 39.3 Å². The molecule has 0 spiro atoms. The van der Waals surface area contributed by atoms with Crippen molar-refractivity contribution in [1.29, 1.82) is 0 Å². The molecular formula is C19H30N4O3S. The molecule has 8 heteroatoms. The van der Waals surface area contributed by atoms with Crippen LogP contribution in [0.25, 0.3) is 0 Å². The van der Waals surface area contributed by atoms with E-state index in [-0.39, 0.29) is 16.8 Å².